The summed E-state index contributed by atoms with van der Waals surface area (Å²) in [7, 11) is 0. The Hall–Kier alpha value is -4.07. The van der Waals surface area contributed by atoms with Gasteiger partial charge < -0.3 is 23.9 Å². The van der Waals surface area contributed by atoms with Crippen LogP contribution in [0.15, 0.2) is 134 Å². The highest BCUT2D eigenvalue weighted by molar-refractivity contribution is 5.51. The van der Waals surface area contributed by atoms with Gasteiger partial charge in [-0.15, -0.1) is 0 Å². The zero-order chi connectivity index (χ0) is 29.0. The predicted octanol–water partition coefficient (Wildman–Crippen LogP) is 6.49. The van der Waals surface area contributed by atoms with Crippen LogP contribution in [-0.4, -0.2) is 39.3 Å². The molecule has 1 N–H and O–H groups in total. The molecule has 1 aliphatic heterocycles. The Morgan fingerprint density at radius 2 is 1.33 bits per heavy atom. The zero-order valence-corrected chi connectivity index (χ0v) is 23.9. The van der Waals surface area contributed by atoms with E-state index in [0.29, 0.717) is 19.0 Å². The molecule has 1 aromatic heterocycles. The second-order valence-corrected chi connectivity index (χ2v) is 11.0. The molecule has 3 atom stereocenters. The van der Waals surface area contributed by atoms with E-state index in [1.165, 1.54) is 0 Å². The fourth-order valence-corrected chi connectivity index (χ4v) is 5.97. The van der Waals surface area contributed by atoms with E-state index >= 15 is 0 Å². The first kappa shape index (κ1) is 28.1. The van der Waals surface area contributed by atoms with Crippen molar-refractivity contribution in [3.8, 4) is 0 Å². The summed E-state index contributed by atoms with van der Waals surface area (Å²) in [6.45, 7) is 4.36. The number of aliphatic hydroxyl groups is 1. The number of imidazole rings is 1. The van der Waals surface area contributed by atoms with Crippen molar-refractivity contribution in [2.75, 3.05) is 6.61 Å². The maximum atomic E-state index is 12.2. The third kappa shape index (κ3) is 5.42. The lowest BCUT2D eigenvalue weighted by molar-refractivity contribution is -0.173. The summed E-state index contributed by atoms with van der Waals surface area (Å²) < 4.78 is 20.7. The van der Waals surface area contributed by atoms with Crippen LogP contribution in [0.1, 0.15) is 48.0 Å². The van der Waals surface area contributed by atoms with Crippen molar-refractivity contribution >= 4 is 0 Å². The van der Waals surface area contributed by atoms with Crippen LogP contribution < -0.4 is 0 Å². The van der Waals surface area contributed by atoms with Crippen molar-refractivity contribution in [2.45, 2.75) is 50.1 Å². The molecule has 0 radical (unpaired) electrons. The quantitative estimate of drug-likeness (QED) is 0.198. The molecule has 214 valence electrons. The van der Waals surface area contributed by atoms with Gasteiger partial charge in [0.15, 0.2) is 5.79 Å². The van der Waals surface area contributed by atoms with Crippen LogP contribution in [0.4, 0.5) is 0 Å². The number of ether oxygens (including phenoxy) is 3. The third-order valence-electron chi connectivity index (χ3n) is 7.86. The van der Waals surface area contributed by atoms with Crippen molar-refractivity contribution in [1.29, 1.82) is 0 Å². The Morgan fingerprint density at radius 1 is 0.833 bits per heavy atom. The first-order chi connectivity index (χ1) is 20.5. The molecule has 6 nitrogen and oxygen atoms in total. The molecule has 5 aromatic rings. The van der Waals surface area contributed by atoms with E-state index < -0.39 is 29.6 Å². The first-order valence-electron chi connectivity index (χ1n) is 14.3. The molecular formula is C36H36N2O4. The third-order valence-corrected chi connectivity index (χ3v) is 7.86. The van der Waals surface area contributed by atoms with Crippen LogP contribution in [0, 0.1) is 0 Å². The summed E-state index contributed by atoms with van der Waals surface area (Å²) in [5, 5.41) is 12.2. The minimum atomic E-state index is -1.12. The van der Waals surface area contributed by atoms with Crippen molar-refractivity contribution in [2.24, 2.45) is 0 Å². The number of benzene rings is 4. The lowest BCUT2D eigenvalue weighted by Crippen LogP contribution is -2.43. The van der Waals surface area contributed by atoms with Gasteiger partial charge in [0.25, 0.3) is 0 Å². The van der Waals surface area contributed by atoms with Crippen LogP contribution >= 0.6 is 0 Å². The normalized spacial score (nSPS) is 18.0. The molecule has 0 aliphatic carbocycles. The van der Waals surface area contributed by atoms with Gasteiger partial charge in [0.1, 0.15) is 29.7 Å². The van der Waals surface area contributed by atoms with E-state index in [2.05, 4.69) is 41.0 Å². The summed E-state index contributed by atoms with van der Waals surface area (Å²) in [6, 6.07) is 41.0. The Labute approximate surface area is 247 Å². The highest BCUT2D eigenvalue weighted by Crippen LogP contribution is 2.43. The smallest absolute Gasteiger partial charge is 0.163 e. The Morgan fingerprint density at radius 3 is 1.81 bits per heavy atom. The molecule has 0 saturated carbocycles. The van der Waals surface area contributed by atoms with Crippen LogP contribution in [0.3, 0.4) is 0 Å². The molecule has 0 unspecified atom stereocenters. The van der Waals surface area contributed by atoms with E-state index in [-0.39, 0.29) is 0 Å². The molecular weight excluding hydrogens is 524 g/mol. The number of hydrogen-bond acceptors (Lipinski definition) is 5. The minimum Gasteiger partial charge on any atom is -0.382 e. The Balaban J connectivity index is 1.50. The SMILES string of the molecule is CC1(C)OC[C@H]([C@@H](OCc2ccccc2)[C@@H](O)c2nccn2C(c2ccccc2)(c2ccccc2)c2ccccc2)O1. The minimum absolute atomic E-state index is 0.297. The second kappa shape index (κ2) is 12.0. The molecule has 4 aromatic carbocycles. The molecule has 0 bridgehead atoms. The summed E-state index contributed by atoms with van der Waals surface area (Å²) in [5.41, 5.74) is 3.29. The van der Waals surface area contributed by atoms with E-state index in [1.807, 2.05) is 105 Å². The van der Waals surface area contributed by atoms with Gasteiger partial charge in [-0.1, -0.05) is 121 Å². The number of rotatable bonds is 10. The highest BCUT2D eigenvalue weighted by Gasteiger charge is 2.45. The molecule has 6 heteroatoms. The maximum absolute atomic E-state index is 12.2. The number of aliphatic hydroxyl groups excluding tert-OH is 1. The molecule has 0 spiro atoms. The van der Waals surface area contributed by atoms with Gasteiger partial charge in [0.05, 0.1) is 13.2 Å². The van der Waals surface area contributed by atoms with Gasteiger partial charge >= 0.3 is 0 Å². The van der Waals surface area contributed by atoms with E-state index in [1.54, 1.807) is 6.20 Å². The second-order valence-electron chi connectivity index (χ2n) is 11.0. The molecule has 0 amide bonds. The summed E-state index contributed by atoms with van der Waals surface area (Å²) >= 11 is 0. The number of hydrogen-bond donors (Lipinski definition) is 1. The van der Waals surface area contributed by atoms with E-state index in [4.69, 9.17) is 19.2 Å². The van der Waals surface area contributed by atoms with Crippen LogP contribution in [0.25, 0.3) is 0 Å². The topological polar surface area (TPSA) is 65.7 Å². The summed E-state index contributed by atoms with van der Waals surface area (Å²) in [5.74, 6) is -0.311. The fraction of sp³-hybridized carbons (Fsp3) is 0.250. The van der Waals surface area contributed by atoms with Gasteiger partial charge in [0.2, 0.25) is 0 Å². The van der Waals surface area contributed by atoms with Crippen molar-refractivity contribution in [1.82, 2.24) is 9.55 Å². The molecule has 2 heterocycles. The lowest BCUT2D eigenvalue weighted by atomic mass is 9.76. The Bertz CT molecular complexity index is 1460. The largest absolute Gasteiger partial charge is 0.382 e. The maximum Gasteiger partial charge on any atom is 0.163 e. The fourth-order valence-electron chi connectivity index (χ4n) is 5.97. The van der Waals surface area contributed by atoms with Gasteiger partial charge in [0, 0.05) is 12.4 Å². The van der Waals surface area contributed by atoms with E-state index in [9.17, 15) is 5.11 Å². The van der Waals surface area contributed by atoms with Gasteiger partial charge in [-0.3, -0.25) is 0 Å². The molecule has 1 fully saturated rings. The average Bonchev–Trinajstić information content (AvgIpc) is 3.66. The lowest BCUT2D eigenvalue weighted by Gasteiger charge is -2.40. The summed E-state index contributed by atoms with van der Waals surface area (Å²) in [6.07, 6.45) is 1.32. The number of aromatic nitrogens is 2. The molecule has 42 heavy (non-hydrogen) atoms. The van der Waals surface area contributed by atoms with Crippen molar-refractivity contribution in [3.05, 3.63) is 162 Å². The van der Waals surface area contributed by atoms with Crippen molar-refractivity contribution < 1.29 is 19.3 Å². The monoisotopic (exact) mass is 560 g/mol. The average molecular weight is 561 g/mol. The predicted molar refractivity (Wildman–Crippen MR) is 162 cm³/mol. The summed E-state index contributed by atoms with van der Waals surface area (Å²) in [4.78, 5) is 4.78. The standard InChI is InChI=1S/C36H36N2O4/c1-35(2)41-26-31(42-35)33(40-25-27-15-7-3-8-16-27)32(39)34-37-23-24-38(34)36(28-17-9-4-10-18-28,29-19-11-5-12-20-29)30-21-13-6-14-22-30/h3-24,31-33,39H,25-26H2,1-2H3/t31-,32-,33-/m1/s1. The molecule has 1 saturated heterocycles. The van der Waals surface area contributed by atoms with Crippen LogP contribution in [0.5, 0.6) is 0 Å². The van der Waals surface area contributed by atoms with Gasteiger partial charge in [-0.25, -0.2) is 4.98 Å². The van der Waals surface area contributed by atoms with E-state index in [0.717, 1.165) is 22.3 Å². The van der Waals surface area contributed by atoms with Crippen LogP contribution in [0.2, 0.25) is 0 Å². The Kier molecular flexibility index (Phi) is 8.05. The van der Waals surface area contributed by atoms with Gasteiger partial charge in [-0.05, 0) is 36.1 Å². The zero-order valence-electron chi connectivity index (χ0n) is 23.9. The highest BCUT2D eigenvalue weighted by atomic mass is 16.7. The van der Waals surface area contributed by atoms with Gasteiger partial charge in [-0.2, -0.15) is 0 Å². The molecule has 6 rings (SSSR count). The first-order valence-corrected chi connectivity index (χ1v) is 14.3. The number of nitrogens with zero attached hydrogens (tertiary/aromatic N) is 2. The molecule has 1 aliphatic rings. The van der Waals surface area contributed by atoms with Crippen molar-refractivity contribution in [3.63, 3.8) is 0 Å². The van der Waals surface area contributed by atoms with Crippen LogP contribution in [-0.2, 0) is 26.4 Å².